The van der Waals surface area contributed by atoms with E-state index in [2.05, 4.69) is 11.1 Å². The van der Waals surface area contributed by atoms with Gasteiger partial charge in [-0.1, -0.05) is 12.1 Å². The van der Waals surface area contributed by atoms with E-state index in [4.69, 9.17) is 15.5 Å². The molecule has 0 radical (unpaired) electrons. The van der Waals surface area contributed by atoms with Gasteiger partial charge in [-0.05, 0) is 67.6 Å². The van der Waals surface area contributed by atoms with Gasteiger partial charge in [-0.3, -0.25) is 4.79 Å². The van der Waals surface area contributed by atoms with Crippen molar-refractivity contribution in [2.24, 2.45) is 5.92 Å². The number of methoxy groups -OCH3 is 1. The van der Waals surface area contributed by atoms with Gasteiger partial charge < -0.3 is 15.4 Å². The number of ether oxygens (including phenoxy) is 1. The highest BCUT2D eigenvalue weighted by Crippen LogP contribution is 2.37. The Morgan fingerprint density at radius 3 is 2.75 bits per heavy atom. The average molecular weight is 447 g/mol. The number of carbonyl (C=O) groups excluding carboxylic acids is 1. The first-order valence-corrected chi connectivity index (χ1v) is 11.7. The third-order valence-electron chi connectivity index (χ3n) is 6.10. The molecule has 164 valence electrons. The normalized spacial score (nSPS) is 14.7. The van der Waals surface area contributed by atoms with E-state index >= 15 is 0 Å². The van der Waals surface area contributed by atoms with E-state index in [1.807, 2.05) is 54.3 Å². The van der Waals surface area contributed by atoms with Gasteiger partial charge in [0.15, 0.2) is 0 Å². The number of thiazole rings is 1. The highest BCUT2D eigenvalue weighted by molar-refractivity contribution is 7.18. The zero-order valence-electron chi connectivity index (χ0n) is 18.2. The fourth-order valence-corrected chi connectivity index (χ4v) is 5.17. The number of aryl methyl sites for hydroxylation is 1. The number of rotatable bonds is 7. The predicted octanol–water partition coefficient (Wildman–Crippen LogP) is 4.80. The zero-order chi connectivity index (χ0) is 22.2. The third kappa shape index (κ3) is 4.06. The Morgan fingerprint density at radius 1 is 1.19 bits per heavy atom. The number of fused-ring (bicyclic) bond motifs is 2. The fraction of sp³-hybridized carbons (Fsp3) is 0.320. The first kappa shape index (κ1) is 20.8. The van der Waals surface area contributed by atoms with Gasteiger partial charge in [0.25, 0.3) is 5.91 Å². The number of aromatic nitrogens is 2. The van der Waals surface area contributed by atoms with Crippen LogP contribution >= 0.6 is 11.3 Å². The number of pyridine rings is 1. The summed E-state index contributed by atoms with van der Waals surface area (Å²) in [5.74, 6) is 0.981. The Kier molecular flexibility index (Phi) is 5.53. The molecular formula is C25H26N4O2S. The highest BCUT2D eigenvalue weighted by Gasteiger charge is 2.38. The number of anilines is 1. The smallest absolute Gasteiger partial charge is 0.254 e. The number of para-hydroxylation sites is 1. The van der Waals surface area contributed by atoms with Gasteiger partial charge in [0.1, 0.15) is 10.8 Å². The molecule has 1 unspecified atom stereocenters. The van der Waals surface area contributed by atoms with Gasteiger partial charge in [0, 0.05) is 18.1 Å². The van der Waals surface area contributed by atoms with Crippen LogP contribution in [0, 0.1) is 12.8 Å². The van der Waals surface area contributed by atoms with Crippen molar-refractivity contribution in [1.29, 1.82) is 0 Å². The van der Waals surface area contributed by atoms with Crippen LogP contribution in [0.1, 0.15) is 33.8 Å². The van der Waals surface area contributed by atoms with E-state index in [0.717, 1.165) is 44.5 Å². The molecule has 0 spiro atoms. The SMILES string of the molecule is COCC(C1CC1)N(Cc1nc2ccccc2s1)C(=O)c1ccc2nc(N)c(C)cc2c1. The zero-order valence-corrected chi connectivity index (χ0v) is 19.1. The molecule has 1 aliphatic rings. The van der Waals surface area contributed by atoms with E-state index in [0.29, 0.717) is 30.5 Å². The van der Waals surface area contributed by atoms with Crippen LogP contribution in [-0.4, -0.2) is 40.5 Å². The number of nitrogen functional groups attached to an aromatic ring is 1. The maximum absolute atomic E-state index is 13.8. The first-order chi connectivity index (χ1) is 15.5. The molecule has 7 heteroatoms. The molecule has 6 nitrogen and oxygen atoms in total. The standard InChI is InChI=1S/C25H26N4O2S/c1-15-11-18-12-17(9-10-19(18)28-24(15)26)25(30)29(21(14-31-2)16-7-8-16)13-23-27-20-5-3-4-6-22(20)32-23/h3-6,9-12,16,21H,7-8,13-14H2,1-2H3,(H2,26,28). The summed E-state index contributed by atoms with van der Waals surface area (Å²) in [6, 6.07) is 15.7. The molecule has 2 aromatic carbocycles. The monoisotopic (exact) mass is 446 g/mol. The molecule has 0 saturated heterocycles. The summed E-state index contributed by atoms with van der Waals surface area (Å²) in [7, 11) is 1.70. The van der Waals surface area contributed by atoms with Crippen LogP contribution in [0.4, 0.5) is 5.82 Å². The second kappa shape index (κ2) is 8.48. The molecule has 1 saturated carbocycles. The van der Waals surface area contributed by atoms with E-state index in [-0.39, 0.29) is 11.9 Å². The van der Waals surface area contributed by atoms with Gasteiger partial charge >= 0.3 is 0 Å². The Balaban J connectivity index is 1.52. The van der Waals surface area contributed by atoms with Crippen molar-refractivity contribution in [3.8, 4) is 0 Å². The summed E-state index contributed by atoms with van der Waals surface area (Å²) in [6.45, 7) is 2.92. The summed E-state index contributed by atoms with van der Waals surface area (Å²) >= 11 is 1.64. The van der Waals surface area contributed by atoms with Gasteiger partial charge in [-0.2, -0.15) is 0 Å². The number of hydrogen-bond donors (Lipinski definition) is 1. The number of carbonyl (C=O) groups is 1. The number of benzene rings is 2. The minimum atomic E-state index is -0.00501. The molecule has 4 aromatic rings. The number of hydrogen-bond acceptors (Lipinski definition) is 6. The van der Waals surface area contributed by atoms with Crippen LogP contribution in [0.2, 0.25) is 0 Å². The molecule has 2 heterocycles. The average Bonchev–Trinajstić information content (AvgIpc) is 3.55. The van der Waals surface area contributed by atoms with Crippen LogP contribution in [0.25, 0.3) is 21.1 Å². The maximum atomic E-state index is 13.8. The molecule has 1 aliphatic carbocycles. The molecule has 0 bridgehead atoms. The molecule has 0 aliphatic heterocycles. The first-order valence-electron chi connectivity index (χ1n) is 10.8. The Hall–Kier alpha value is -3.03. The summed E-state index contributed by atoms with van der Waals surface area (Å²) in [4.78, 5) is 25.0. The minimum Gasteiger partial charge on any atom is -0.383 e. The maximum Gasteiger partial charge on any atom is 0.254 e. The molecule has 2 N–H and O–H groups in total. The summed E-state index contributed by atoms with van der Waals surface area (Å²) in [6.07, 6.45) is 2.25. The van der Waals surface area contributed by atoms with E-state index in [1.165, 1.54) is 0 Å². The van der Waals surface area contributed by atoms with Crippen LogP contribution < -0.4 is 5.73 Å². The predicted molar refractivity (Wildman–Crippen MR) is 129 cm³/mol. The van der Waals surface area contributed by atoms with Crippen molar-refractivity contribution in [3.05, 3.63) is 64.7 Å². The van der Waals surface area contributed by atoms with E-state index < -0.39 is 0 Å². The van der Waals surface area contributed by atoms with E-state index in [1.54, 1.807) is 18.4 Å². The van der Waals surface area contributed by atoms with Gasteiger partial charge in [0.05, 0.1) is 34.9 Å². The van der Waals surface area contributed by atoms with Crippen LogP contribution in [0.5, 0.6) is 0 Å². The topological polar surface area (TPSA) is 81.3 Å². The number of amides is 1. The quantitative estimate of drug-likeness (QED) is 0.441. The second-order valence-electron chi connectivity index (χ2n) is 8.47. The van der Waals surface area contributed by atoms with Gasteiger partial charge in [-0.25, -0.2) is 9.97 Å². The van der Waals surface area contributed by atoms with Crippen LogP contribution in [-0.2, 0) is 11.3 Å². The third-order valence-corrected chi connectivity index (χ3v) is 7.12. The van der Waals surface area contributed by atoms with Gasteiger partial charge in [0.2, 0.25) is 0 Å². The van der Waals surface area contributed by atoms with Crippen molar-refractivity contribution in [1.82, 2.24) is 14.9 Å². The molecule has 1 amide bonds. The molecular weight excluding hydrogens is 420 g/mol. The minimum absolute atomic E-state index is 0.00501. The number of nitrogens with zero attached hydrogens (tertiary/aromatic N) is 3. The molecule has 1 atom stereocenters. The van der Waals surface area contributed by atoms with Gasteiger partial charge in [-0.15, -0.1) is 11.3 Å². The van der Waals surface area contributed by atoms with Crippen LogP contribution in [0.15, 0.2) is 48.5 Å². The fourth-order valence-electron chi connectivity index (χ4n) is 4.20. The molecule has 2 aromatic heterocycles. The second-order valence-corrected chi connectivity index (χ2v) is 9.58. The summed E-state index contributed by atoms with van der Waals surface area (Å²) in [5, 5.41) is 1.85. The largest absolute Gasteiger partial charge is 0.383 e. The molecule has 5 rings (SSSR count). The lowest BCUT2D eigenvalue weighted by atomic mass is 10.1. The summed E-state index contributed by atoms with van der Waals surface area (Å²) in [5.41, 5.74) is 9.27. The van der Waals surface area contributed by atoms with Crippen molar-refractivity contribution >= 4 is 44.2 Å². The highest BCUT2D eigenvalue weighted by atomic mass is 32.1. The Morgan fingerprint density at radius 2 is 2.00 bits per heavy atom. The lowest BCUT2D eigenvalue weighted by Gasteiger charge is -2.31. The molecule has 32 heavy (non-hydrogen) atoms. The van der Waals surface area contributed by atoms with E-state index in [9.17, 15) is 4.79 Å². The van der Waals surface area contributed by atoms with Crippen molar-refractivity contribution in [2.75, 3.05) is 19.5 Å². The lowest BCUT2D eigenvalue weighted by Crippen LogP contribution is -2.43. The Labute approximate surface area is 191 Å². The molecule has 1 fully saturated rings. The van der Waals surface area contributed by atoms with Crippen molar-refractivity contribution < 1.29 is 9.53 Å². The van der Waals surface area contributed by atoms with Crippen molar-refractivity contribution in [3.63, 3.8) is 0 Å². The lowest BCUT2D eigenvalue weighted by molar-refractivity contribution is 0.0458. The summed E-state index contributed by atoms with van der Waals surface area (Å²) < 4.78 is 6.67. The van der Waals surface area contributed by atoms with Crippen molar-refractivity contribution in [2.45, 2.75) is 32.4 Å². The van der Waals surface area contributed by atoms with Crippen LogP contribution in [0.3, 0.4) is 0 Å². The Bertz CT molecular complexity index is 1260. The number of nitrogens with two attached hydrogens (primary N) is 1.